The van der Waals surface area contributed by atoms with Crippen molar-refractivity contribution in [3.05, 3.63) is 58.1 Å². The van der Waals surface area contributed by atoms with E-state index in [1.165, 1.54) is 23.9 Å². The van der Waals surface area contributed by atoms with Crippen molar-refractivity contribution in [2.45, 2.75) is 16.7 Å². The predicted octanol–water partition coefficient (Wildman–Crippen LogP) is 3.76. The number of non-ortho nitro benzene ring substituents is 1. The van der Waals surface area contributed by atoms with Crippen LogP contribution in [0.15, 0.2) is 52.3 Å². The first-order valence-electron chi connectivity index (χ1n) is 5.28. The highest BCUT2D eigenvalue weighted by Gasteiger charge is 2.10. The fourth-order valence-electron chi connectivity index (χ4n) is 1.56. The molecule has 0 spiro atoms. The molecule has 1 N–H and O–H groups in total. The lowest BCUT2D eigenvalue weighted by molar-refractivity contribution is -0.385. The average molecular weight is 261 g/mol. The van der Waals surface area contributed by atoms with Crippen molar-refractivity contribution in [3.8, 4) is 5.75 Å². The Morgan fingerprint density at radius 2 is 1.94 bits per heavy atom. The molecule has 2 aromatic rings. The van der Waals surface area contributed by atoms with Crippen molar-refractivity contribution >= 4 is 17.4 Å². The third kappa shape index (κ3) is 2.81. The number of para-hydroxylation sites is 1. The van der Waals surface area contributed by atoms with Gasteiger partial charge in [0.2, 0.25) is 0 Å². The Hall–Kier alpha value is -2.01. The van der Waals surface area contributed by atoms with E-state index in [1.54, 1.807) is 18.2 Å². The molecule has 0 saturated carbocycles. The van der Waals surface area contributed by atoms with Crippen LogP contribution >= 0.6 is 11.8 Å². The maximum atomic E-state index is 10.8. The van der Waals surface area contributed by atoms with E-state index in [9.17, 15) is 15.2 Å². The zero-order valence-corrected chi connectivity index (χ0v) is 10.5. The molecule has 92 valence electrons. The standard InChI is InChI=1S/C13H11NO3S/c1-9-6-10(14(16)17)8-11(7-9)18-13-5-3-2-4-12(13)15/h2-8,15H,1H3. The van der Waals surface area contributed by atoms with Gasteiger partial charge >= 0.3 is 0 Å². The number of nitro groups is 1. The number of hydrogen-bond donors (Lipinski definition) is 1. The molecule has 0 heterocycles. The molecule has 4 nitrogen and oxygen atoms in total. The number of aromatic hydroxyl groups is 1. The number of hydrogen-bond acceptors (Lipinski definition) is 4. The molecule has 18 heavy (non-hydrogen) atoms. The molecule has 0 aliphatic heterocycles. The minimum absolute atomic E-state index is 0.0629. The number of benzene rings is 2. The minimum Gasteiger partial charge on any atom is -0.507 e. The van der Waals surface area contributed by atoms with Crippen LogP contribution < -0.4 is 0 Å². The number of nitrogens with zero attached hydrogens (tertiary/aromatic N) is 1. The van der Waals surface area contributed by atoms with Gasteiger partial charge in [0.15, 0.2) is 0 Å². The van der Waals surface area contributed by atoms with Gasteiger partial charge in [0.05, 0.1) is 9.82 Å². The number of phenolic OH excluding ortho intramolecular Hbond substituents is 1. The van der Waals surface area contributed by atoms with Gasteiger partial charge in [0, 0.05) is 17.0 Å². The monoisotopic (exact) mass is 261 g/mol. The summed E-state index contributed by atoms with van der Waals surface area (Å²) in [6, 6.07) is 11.8. The van der Waals surface area contributed by atoms with E-state index in [1.807, 2.05) is 19.1 Å². The molecule has 0 aliphatic carbocycles. The number of aryl methyl sites for hydroxylation is 1. The summed E-state index contributed by atoms with van der Waals surface area (Å²) in [5.74, 6) is 0.173. The van der Waals surface area contributed by atoms with Crippen LogP contribution in [0.2, 0.25) is 0 Å². The number of nitro benzene ring substituents is 1. The molecule has 5 heteroatoms. The molecule has 0 fully saturated rings. The molecular formula is C13H11NO3S. The lowest BCUT2D eigenvalue weighted by Crippen LogP contribution is -1.89. The fourth-order valence-corrected chi connectivity index (χ4v) is 2.56. The van der Waals surface area contributed by atoms with Gasteiger partial charge < -0.3 is 5.11 Å². The third-order valence-corrected chi connectivity index (χ3v) is 3.38. The van der Waals surface area contributed by atoms with E-state index in [-0.39, 0.29) is 11.4 Å². The van der Waals surface area contributed by atoms with Gasteiger partial charge in [0.1, 0.15) is 5.75 Å². The second-order valence-electron chi connectivity index (χ2n) is 3.83. The molecule has 0 bridgehead atoms. The first kappa shape index (κ1) is 12.4. The van der Waals surface area contributed by atoms with Crippen LogP contribution in [0.3, 0.4) is 0 Å². The Morgan fingerprint density at radius 1 is 1.22 bits per heavy atom. The summed E-state index contributed by atoms with van der Waals surface area (Å²) in [5, 5.41) is 20.4. The summed E-state index contributed by atoms with van der Waals surface area (Å²) >= 11 is 1.31. The number of phenols is 1. The summed E-state index contributed by atoms with van der Waals surface area (Å²) in [7, 11) is 0. The Bertz CT molecular complexity index is 599. The predicted molar refractivity (Wildman–Crippen MR) is 70.1 cm³/mol. The lowest BCUT2D eigenvalue weighted by atomic mass is 10.2. The van der Waals surface area contributed by atoms with Gasteiger partial charge in [0.25, 0.3) is 5.69 Å². The maximum absolute atomic E-state index is 10.8. The summed E-state index contributed by atoms with van der Waals surface area (Å²) in [5.41, 5.74) is 0.884. The minimum atomic E-state index is -0.415. The van der Waals surface area contributed by atoms with Crippen molar-refractivity contribution in [2.24, 2.45) is 0 Å². The van der Waals surface area contributed by atoms with Gasteiger partial charge in [-0.05, 0) is 30.7 Å². The molecule has 0 aromatic heterocycles. The van der Waals surface area contributed by atoms with Crippen molar-refractivity contribution < 1.29 is 10.0 Å². The van der Waals surface area contributed by atoms with Crippen LogP contribution in [0.5, 0.6) is 5.75 Å². The van der Waals surface area contributed by atoms with Crippen LogP contribution in [-0.4, -0.2) is 10.0 Å². The van der Waals surface area contributed by atoms with E-state index in [0.717, 1.165) is 10.5 Å². The molecule has 2 aromatic carbocycles. The van der Waals surface area contributed by atoms with Crippen molar-refractivity contribution in [1.29, 1.82) is 0 Å². The summed E-state index contributed by atoms with van der Waals surface area (Å²) in [6.07, 6.45) is 0. The van der Waals surface area contributed by atoms with Gasteiger partial charge in [-0.25, -0.2) is 0 Å². The van der Waals surface area contributed by atoms with Crippen LogP contribution in [0.25, 0.3) is 0 Å². The highest BCUT2D eigenvalue weighted by atomic mass is 32.2. The molecule has 0 unspecified atom stereocenters. The zero-order valence-electron chi connectivity index (χ0n) is 9.66. The molecule has 0 amide bonds. The zero-order chi connectivity index (χ0) is 13.1. The Kier molecular flexibility index (Phi) is 3.53. The Labute approximate surface area is 108 Å². The molecule has 0 saturated heterocycles. The molecular weight excluding hydrogens is 250 g/mol. The van der Waals surface area contributed by atoms with Gasteiger partial charge in [-0.1, -0.05) is 23.9 Å². The topological polar surface area (TPSA) is 63.4 Å². The summed E-state index contributed by atoms with van der Waals surface area (Å²) in [6.45, 7) is 1.81. The van der Waals surface area contributed by atoms with Crippen LogP contribution in [0.1, 0.15) is 5.56 Å². The Balaban J connectivity index is 2.35. The molecule has 0 radical (unpaired) electrons. The van der Waals surface area contributed by atoms with Gasteiger partial charge in [-0.2, -0.15) is 0 Å². The average Bonchev–Trinajstić information content (AvgIpc) is 2.31. The SMILES string of the molecule is Cc1cc(Sc2ccccc2O)cc([N+](=O)[O-])c1. The first-order valence-corrected chi connectivity index (χ1v) is 6.10. The molecule has 2 rings (SSSR count). The maximum Gasteiger partial charge on any atom is 0.270 e. The van der Waals surface area contributed by atoms with Crippen LogP contribution in [0, 0.1) is 17.0 Å². The van der Waals surface area contributed by atoms with Gasteiger partial charge in [-0.3, -0.25) is 10.1 Å². The van der Waals surface area contributed by atoms with Crippen LogP contribution in [0.4, 0.5) is 5.69 Å². The Morgan fingerprint density at radius 3 is 2.61 bits per heavy atom. The second kappa shape index (κ2) is 5.10. The van der Waals surface area contributed by atoms with Gasteiger partial charge in [-0.15, -0.1) is 0 Å². The molecule has 0 aliphatic rings. The lowest BCUT2D eigenvalue weighted by Gasteiger charge is -2.05. The normalized spacial score (nSPS) is 10.3. The van der Waals surface area contributed by atoms with E-state index in [2.05, 4.69) is 0 Å². The fraction of sp³-hybridized carbons (Fsp3) is 0.0769. The van der Waals surface area contributed by atoms with E-state index >= 15 is 0 Å². The van der Waals surface area contributed by atoms with E-state index in [0.29, 0.717) is 4.90 Å². The van der Waals surface area contributed by atoms with Crippen molar-refractivity contribution in [1.82, 2.24) is 0 Å². The van der Waals surface area contributed by atoms with Crippen LogP contribution in [-0.2, 0) is 0 Å². The first-order chi connectivity index (χ1) is 8.56. The highest BCUT2D eigenvalue weighted by Crippen LogP contribution is 2.35. The van der Waals surface area contributed by atoms with Crippen molar-refractivity contribution in [2.75, 3.05) is 0 Å². The summed E-state index contributed by atoms with van der Waals surface area (Å²) in [4.78, 5) is 11.8. The summed E-state index contributed by atoms with van der Waals surface area (Å²) < 4.78 is 0. The van der Waals surface area contributed by atoms with E-state index < -0.39 is 4.92 Å². The second-order valence-corrected chi connectivity index (χ2v) is 4.95. The quantitative estimate of drug-likeness (QED) is 0.675. The number of rotatable bonds is 3. The largest absolute Gasteiger partial charge is 0.507 e. The molecule has 0 atom stereocenters. The van der Waals surface area contributed by atoms with Crippen molar-refractivity contribution in [3.63, 3.8) is 0 Å². The van der Waals surface area contributed by atoms with E-state index in [4.69, 9.17) is 0 Å². The smallest absolute Gasteiger partial charge is 0.270 e. The highest BCUT2D eigenvalue weighted by molar-refractivity contribution is 7.99. The third-order valence-electron chi connectivity index (χ3n) is 2.34.